The van der Waals surface area contributed by atoms with E-state index in [1.165, 1.54) is 36.4 Å². The first-order valence-electron chi connectivity index (χ1n) is 7.73. The molecular formula is C18H9N3O6. The lowest BCUT2D eigenvalue weighted by atomic mass is 9.93. The Balaban J connectivity index is 1.93. The molecule has 132 valence electrons. The van der Waals surface area contributed by atoms with Crippen molar-refractivity contribution in [1.29, 1.82) is 0 Å². The standard InChI is InChI=1S/C18H9N3O6/c22-17-14-3-1-2-10-8-13(21(26)27)9-15(16(10)14)18(23)19(17)11-4-6-12(7-5-11)20(24)25/h1-9H. The van der Waals surface area contributed by atoms with E-state index in [9.17, 15) is 29.8 Å². The van der Waals surface area contributed by atoms with Crippen LogP contribution >= 0.6 is 0 Å². The molecule has 0 saturated heterocycles. The van der Waals surface area contributed by atoms with Crippen molar-refractivity contribution in [3.63, 3.8) is 0 Å². The fraction of sp³-hybridized carbons (Fsp3) is 0. The zero-order valence-corrected chi connectivity index (χ0v) is 13.5. The van der Waals surface area contributed by atoms with Crippen LogP contribution in [0.1, 0.15) is 20.7 Å². The van der Waals surface area contributed by atoms with Crippen LogP contribution in [0.5, 0.6) is 0 Å². The molecule has 1 heterocycles. The molecule has 4 rings (SSSR count). The maximum Gasteiger partial charge on any atom is 0.270 e. The molecule has 0 saturated carbocycles. The van der Waals surface area contributed by atoms with E-state index in [1.54, 1.807) is 12.1 Å². The second-order valence-corrected chi connectivity index (χ2v) is 5.87. The molecule has 0 spiro atoms. The molecule has 9 nitrogen and oxygen atoms in total. The van der Waals surface area contributed by atoms with Crippen molar-refractivity contribution in [2.45, 2.75) is 0 Å². The molecule has 0 unspecified atom stereocenters. The van der Waals surface area contributed by atoms with Crippen LogP contribution in [0, 0.1) is 20.2 Å². The van der Waals surface area contributed by atoms with Gasteiger partial charge in [-0.2, -0.15) is 0 Å². The zero-order valence-electron chi connectivity index (χ0n) is 13.5. The van der Waals surface area contributed by atoms with Gasteiger partial charge < -0.3 is 0 Å². The van der Waals surface area contributed by atoms with Crippen molar-refractivity contribution in [1.82, 2.24) is 0 Å². The van der Waals surface area contributed by atoms with E-state index in [0.717, 1.165) is 11.0 Å². The van der Waals surface area contributed by atoms with Crippen LogP contribution in [0.15, 0.2) is 54.6 Å². The maximum atomic E-state index is 13.0. The van der Waals surface area contributed by atoms with E-state index in [4.69, 9.17) is 0 Å². The van der Waals surface area contributed by atoms with Gasteiger partial charge in [-0.05, 0) is 23.6 Å². The van der Waals surface area contributed by atoms with E-state index in [0.29, 0.717) is 10.8 Å². The summed E-state index contributed by atoms with van der Waals surface area (Å²) in [4.78, 5) is 47.5. The minimum Gasteiger partial charge on any atom is -0.268 e. The average Bonchev–Trinajstić information content (AvgIpc) is 2.66. The molecule has 3 aromatic carbocycles. The van der Waals surface area contributed by atoms with Crippen LogP contribution < -0.4 is 4.90 Å². The molecule has 9 heteroatoms. The largest absolute Gasteiger partial charge is 0.270 e. The number of hydrogen-bond donors (Lipinski definition) is 0. The maximum absolute atomic E-state index is 13.0. The number of imide groups is 1. The van der Waals surface area contributed by atoms with Gasteiger partial charge in [-0.15, -0.1) is 0 Å². The van der Waals surface area contributed by atoms with E-state index in [2.05, 4.69) is 0 Å². The van der Waals surface area contributed by atoms with Gasteiger partial charge in [0.2, 0.25) is 0 Å². The fourth-order valence-electron chi connectivity index (χ4n) is 3.16. The molecule has 1 aliphatic rings. The number of carbonyl (C=O) groups excluding carboxylic acids is 2. The first-order chi connectivity index (χ1) is 12.9. The highest BCUT2D eigenvalue weighted by atomic mass is 16.6. The van der Waals surface area contributed by atoms with Crippen molar-refractivity contribution >= 4 is 39.6 Å². The first-order valence-corrected chi connectivity index (χ1v) is 7.73. The summed E-state index contributed by atoms with van der Waals surface area (Å²) in [5.41, 5.74) is -0.0392. The number of carbonyl (C=O) groups is 2. The molecular weight excluding hydrogens is 354 g/mol. The zero-order chi connectivity index (χ0) is 19.3. The highest BCUT2D eigenvalue weighted by Gasteiger charge is 2.35. The number of nitro groups is 2. The average molecular weight is 363 g/mol. The number of amides is 2. The van der Waals surface area contributed by atoms with Gasteiger partial charge in [-0.25, -0.2) is 4.90 Å². The topological polar surface area (TPSA) is 124 Å². The molecule has 2 amide bonds. The van der Waals surface area contributed by atoms with Gasteiger partial charge in [0, 0.05) is 35.2 Å². The quantitative estimate of drug-likeness (QED) is 0.399. The molecule has 0 bridgehead atoms. The summed E-state index contributed by atoms with van der Waals surface area (Å²) in [5.74, 6) is -1.32. The molecule has 0 atom stereocenters. The molecule has 0 fully saturated rings. The van der Waals surface area contributed by atoms with Gasteiger partial charge in [-0.3, -0.25) is 29.8 Å². The predicted molar refractivity (Wildman–Crippen MR) is 94.8 cm³/mol. The summed E-state index contributed by atoms with van der Waals surface area (Å²) in [5, 5.41) is 22.8. The minimum absolute atomic E-state index is 0.0350. The molecule has 27 heavy (non-hydrogen) atoms. The van der Waals surface area contributed by atoms with Gasteiger partial charge in [-0.1, -0.05) is 12.1 Å². The Kier molecular flexibility index (Phi) is 3.45. The number of benzene rings is 3. The number of non-ortho nitro benzene ring substituents is 2. The molecule has 0 aliphatic carbocycles. The monoisotopic (exact) mass is 363 g/mol. The summed E-state index contributed by atoms with van der Waals surface area (Å²) in [6.07, 6.45) is 0. The van der Waals surface area contributed by atoms with Crippen LogP contribution in [0.25, 0.3) is 10.8 Å². The molecule has 3 aromatic rings. The molecule has 1 aliphatic heterocycles. The Bertz CT molecular complexity index is 1170. The van der Waals surface area contributed by atoms with Crippen molar-refractivity contribution in [3.8, 4) is 0 Å². The second-order valence-electron chi connectivity index (χ2n) is 5.87. The summed E-state index contributed by atoms with van der Waals surface area (Å²) < 4.78 is 0. The van der Waals surface area contributed by atoms with Gasteiger partial charge in [0.15, 0.2) is 0 Å². The SMILES string of the molecule is O=C1c2cccc3cc([N+](=O)[O-])cc(c23)C(=O)N1c1ccc([N+](=O)[O-])cc1. The van der Waals surface area contributed by atoms with Crippen LogP contribution in [-0.4, -0.2) is 21.7 Å². The Morgan fingerprint density at radius 2 is 1.37 bits per heavy atom. The normalized spacial score (nSPS) is 13.1. The fourth-order valence-corrected chi connectivity index (χ4v) is 3.16. The minimum atomic E-state index is -0.721. The summed E-state index contributed by atoms with van der Waals surface area (Å²) in [6.45, 7) is 0. The second kappa shape index (κ2) is 5.70. The summed E-state index contributed by atoms with van der Waals surface area (Å²) >= 11 is 0. The van der Waals surface area contributed by atoms with Crippen molar-refractivity contribution in [2.24, 2.45) is 0 Å². The van der Waals surface area contributed by atoms with E-state index in [1.807, 2.05) is 0 Å². The highest BCUT2D eigenvalue weighted by molar-refractivity contribution is 6.36. The third-order valence-corrected chi connectivity index (χ3v) is 4.36. The van der Waals surface area contributed by atoms with Gasteiger partial charge in [0.25, 0.3) is 23.2 Å². The lowest BCUT2D eigenvalue weighted by molar-refractivity contribution is -0.385. The third-order valence-electron chi connectivity index (χ3n) is 4.36. The van der Waals surface area contributed by atoms with E-state index < -0.39 is 21.7 Å². The lowest BCUT2D eigenvalue weighted by Gasteiger charge is -2.27. The summed E-state index contributed by atoms with van der Waals surface area (Å²) in [7, 11) is 0. The van der Waals surface area contributed by atoms with Gasteiger partial charge >= 0.3 is 0 Å². The molecule has 0 N–H and O–H groups in total. The van der Waals surface area contributed by atoms with Crippen LogP contribution in [0.4, 0.5) is 17.1 Å². The smallest absolute Gasteiger partial charge is 0.268 e. The molecule has 0 aromatic heterocycles. The van der Waals surface area contributed by atoms with Crippen LogP contribution in [-0.2, 0) is 0 Å². The van der Waals surface area contributed by atoms with Crippen molar-refractivity contribution < 1.29 is 19.4 Å². The number of rotatable bonds is 3. The Morgan fingerprint density at radius 1 is 0.741 bits per heavy atom. The number of anilines is 1. The Hall–Kier alpha value is -4.14. The van der Waals surface area contributed by atoms with Crippen LogP contribution in [0.2, 0.25) is 0 Å². The number of nitrogens with zero attached hydrogens (tertiary/aromatic N) is 3. The number of nitro benzene ring substituents is 2. The van der Waals surface area contributed by atoms with E-state index >= 15 is 0 Å². The predicted octanol–water partition coefficient (Wildman–Crippen LogP) is 3.46. The Morgan fingerprint density at radius 3 is 2.00 bits per heavy atom. The van der Waals surface area contributed by atoms with Crippen molar-refractivity contribution in [2.75, 3.05) is 4.90 Å². The van der Waals surface area contributed by atoms with E-state index in [-0.39, 0.29) is 28.2 Å². The third kappa shape index (κ3) is 2.41. The number of hydrogen-bond acceptors (Lipinski definition) is 6. The highest BCUT2D eigenvalue weighted by Crippen LogP contribution is 2.35. The van der Waals surface area contributed by atoms with Gasteiger partial charge in [0.1, 0.15) is 0 Å². The lowest BCUT2D eigenvalue weighted by Crippen LogP contribution is -2.40. The Labute approximate surface area is 150 Å². The molecule has 0 radical (unpaired) electrons. The summed E-state index contributed by atoms with van der Waals surface area (Å²) in [6, 6.07) is 12.1. The first kappa shape index (κ1) is 16.3. The van der Waals surface area contributed by atoms with Gasteiger partial charge in [0.05, 0.1) is 21.1 Å². The van der Waals surface area contributed by atoms with Crippen LogP contribution in [0.3, 0.4) is 0 Å². The van der Waals surface area contributed by atoms with Crippen molar-refractivity contribution in [3.05, 3.63) is 86.0 Å².